The maximum atomic E-state index is 14.0. The summed E-state index contributed by atoms with van der Waals surface area (Å²) < 4.78 is 72.9. The molecular formula is C23H22ClF5N4O4. The van der Waals surface area contributed by atoms with Crippen molar-refractivity contribution in [3.8, 4) is 5.75 Å². The summed E-state index contributed by atoms with van der Waals surface area (Å²) in [7, 11) is 0. The number of halogens is 6. The summed E-state index contributed by atoms with van der Waals surface area (Å²) >= 11 is 6.15. The van der Waals surface area contributed by atoms with Crippen molar-refractivity contribution >= 4 is 29.2 Å². The summed E-state index contributed by atoms with van der Waals surface area (Å²) in [6.45, 7) is 1.76. The molecule has 2 amide bonds. The second-order valence-corrected chi connectivity index (χ2v) is 8.98. The zero-order chi connectivity index (χ0) is 27.5. The van der Waals surface area contributed by atoms with Gasteiger partial charge in [0, 0.05) is 25.2 Å². The highest BCUT2D eigenvalue weighted by molar-refractivity contribution is 6.30. The summed E-state index contributed by atoms with van der Waals surface area (Å²) in [6, 6.07) is 4.68. The molecule has 1 atom stereocenters. The van der Waals surface area contributed by atoms with Crippen LogP contribution in [-0.2, 0) is 6.61 Å². The predicted molar refractivity (Wildman–Crippen MR) is 123 cm³/mol. The molecule has 2 aromatic heterocycles. The normalized spacial score (nSPS) is 13.3. The average molecular weight is 549 g/mol. The third-order valence-corrected chi connectivity index (χ3v) is 5.69. The predicted octanol–water partition coefficient (Wildman–Crippen LogP) is 5.25. The smallest absolute Gasteiger partial charge is 0.405 e. The van der Waals surface area contributed by atoms with E-state index in [1.54, 1.807) is 0 Å². The summed E-state index contributed by atoms with van der Waals surface area (Å²) in [6.07, 6.45) is -6.63. The number of nitrogens with zero attached hydrogens (tertiary/aromatic N) is 2. The number of fused-ring (bicyclic) bond motifs is 1. The van der Waals surface area contributed by atoms with E-state index >= 15 is 0 Å². The van der Waals surface area contributed by atoms with E-state index in [2.05, 4.69) is 10.3 Å². The number of pyridine rings is 1. The van der Waals surface area contributed by atoms with Crippen molar-refractivity contribution in [3.63, 3.8) is 0 Å². The number of benzene rings is 1. The third kappa shape index (κ3) is 7.00. The molecule has 8 nitrogen and oxygen atoms in total. The molecule has 2 heterocycles. The van der Waals surface area contributed by atoms with Crippen LogP contribution in [0.2, 0.25) is 5.02 Å². The molecule has 1 aromatic carbocycles. The van der Waals surface area contributed by atoms with Crippen molar-refractivity contribution in [1.82, 2.24) is 20.0 Å². The van der Waals surface area contributed by atoms with E-state index < -0.39 is 61.3 Å². The largest absolute Gasteiger partial charge is 0.485 e. The second kappa shape index (κ2) is 10.8. The quantitative estimate of drug-likeness (QED) is 0.317. The van der Waals surface area contributed by atoms with Crippen LogP contribution in [0.3, 0.4) is 0 Å². The number of carbonyl (C=O) groups excluding carboxylic acids is 1. The molecule has 3 rings (SSSR count). The van der Waals surface area contributed by atoms with Crippen molar-refractivity contribution < 1.29 is 41.4 Å². The highest BCUT2D eigenvalue weighted by Crippen LogP contribution is 2.29. The number of aryl methyl sites for hydroxylation is 1. The van der Waals surface area contributed by atoms with Crippen LogP contribution >= 0.6 is 11.6 Å². The Morgan fingerprint density at radius 1 is 1.19 bits per heavy atom. The molecule has 0 aliphatic heterocycles. The Hall–Kier alpha value is -3.61. The molecule has 200 valence electrons. The Bertz CT molecular complexity index is 1310. The minimum Gasteiger partial charge on any atom is -0.485 e. The van der Waals surface area contributed by atoms with Gasteiger partial charge in [0.05, 0.1) is 21.8 Å². The van der Waals surface area contributed by atoms with Gasteiger partial charge in [0.1, 0.15) is 23.9 Å². The number of hydrogen-bond donors (Lipinski definition) is 3. The van der Waals surface area contributed by atoms with Crippen LogP contribution in [0.4, 0.5) is 26.7 Å². The highest BCUT2D eigenvalue weighted by atomic mass is 35.5. The first kappa shape index (κ1) is 28.0. The first-order valence-electron chi connectivity index (χ1n) is 10.8. The molecule has 37 heavy (non-hydrogen) atoms. The fourth-order valence-corrected chi connectivity index (χ4v) is 3.82. The molecule has 0 saturated heterocycles. The zero-order valence-corrected chi connectivity index (χ0v) is 20.3. The lowest BCUT2D eigenvalue weighted by molar-refractivity contribution is -0.138. The van der Waals surface area contributed by atoms with Crippen LogP contribution in [0.1, 0.15) is 41.5 Å². The number of amides is 2. The van der Waals surface area contributed by atoms with E-state index in [-0.39, 0.29) is 33.4 Å². The Morgan fingerprint density at radius 3 is 2.43 bits per heavy atom. The number of carbonyl (C=O) groups is 2. The molecule has 0 spiro atoms. The molecule has 14 heteroatoms. The molecule has 1 unspecified atom stereocenters. The molecule has 0 aliphatic rings. The number of ether oxygens (including phenoxy) is 1. The number of imidazole rings is 1. The van der Waals surface area contributed by atoms with Crippen LogP contribution in [0.25, 0.3) is 5.65 Å². The lowest BCUT2D eigenvalue weighted by Gasteiger charge is -2.30. The molecular weight excluding hydrogens is 527 g/mol. The maximum Gasteiger partial charge on any atom is 0.405 e. The average Bonchev–Trinajstić information content (AvgIpc) is 3.10. The number of nitrogens with one attached hydrogen (secondary N) is 2. The van der Waals surface area contributed by atoms with E-state index in [0.29, 0.717) is 0 Å². The van der Waals surface area contributed by atoms with Crippen molar-refractivity contribution in [2.45, 2.75) is 45.0 Å². The van der Waals surface area contributed by atoms with Crippen molar-refractivity contribution in [2.75, 3.05) is 6.54 Å². The van der Waals surface area contributed by atoms with Gasteiger partial charge in [0.15, 0.2) is 11.4 Å². The lowest BCUT2D eigenvalue weighted by atomic mass is 9.95. The first-order valence-corrected chi connectivity index (χ1v) is 11.2. The van der Waals surface area contributed by atoms with Gasteiger partial charge in [-0.15, -0.1) is 0 Å². The zero-order valence-electron chi connectivity index (χ0n) is 19.5. The molecule has 0 aliphatic carbocycles. The molecule has 3 aromatic rings. The second-order valence-electron chi connectivity index (χ2n) is 8.54. The molecule has 3 N–H and O–H groups in total. The van der Waals surface area contributed by atoms with Crippen LogP contribution in [0.15, 0.2) is 30.5 Å². The van der Waals surface area contributed by atoms with E-state index in [0.717, 1.165) is 12.1 Å². The Kier molecular flexibility index (Phi) is 8.16. The molecule has 0 saturated carbocycles. The van der Waals surface area contributed by atoms with Gasteiger partial charge in [-0.05, 0) is 32.4 Å². The van der Waals surface area contributed by atoms with Crippen molar-refractivity contribution in [1.29, 1.82) is 0 Å². The summed E-state index contributed by atoms with van der Waals surface area (Å²) in [5.74, 6) is -2.40. The minimum absolute atomic E-state index is 0.0138. The number of alkyl halides is 3. The first-order chi connectivity index (χ1) is 17.2. The van der Waals surface area contributed by atoms with E-state index in [9.17, 15) is 31.5 Å². The monoisotopic (exact) mass is 548 g/mol. The number of aromatic nitrogens is 2. The van der Waals surface area contributed by atoms with Crippen molar-refractivity contribution in [2.24, 2.45) is 0 Å². The van der Waals surface area contributed by atoms with Gasteiger partial charge < -0.3 is 20.5 Å². The number of rotatable bonds is 9. The van der Waals surface area contributed by atoms with Gasteiger partial charge in [-0.25, -0.2) is 18.6 Å². The summed E-state index contributed by atoms with van der Waals surface area (Å²) in [5, 5.41) is 13.6. The third-order valence-electron chi connectivity index (χ3n) is 5.48. The van der Waals surface area contributed by atoms with Gasteiger partial charge >= 0.3 is 12.3 Å². The van der Waals surface area contributed by atoms with Crippen LogP contribution < -0.4 is 15.4 Å². The SMILES string of the molecule is Cc1nc2c(OCc3c(F)cccc3F)cc(Cl)cn2c1C(=O)NCC(C)(CCC(F)(F)F)NC(=O)O. The van der Waals surface area contributed by atoms with Gasteiger partial charge in [0.25, 0.3) is 5.91 Å². The number of hydrogen-bond acceptors (Lipinski definition) is 4. The highest BCUT2D eigenvalue weighted by Gasteiger charge is 2.35. The molecule has 0 fully saturated rings. The van der Waals surface area contributed by atoms with E-state index in [1.165, 1.54) is 36.6 Å². The topological polar surface area (TPSA) is 105 Å². The van der Waals surface area contributed by atoms with Crippen LogP contribution in [0.5, 0.6) is 5.75 Å². The fraction of sp³-hybridized carbons (Fsp3) is 0.348. The fourth-order valence-electron chi connectivity index (χ4n) is 3.63. The molecule has 0 bridgehead atoms. The van der Waals surface area contributed by atoms with E-state index in [1.807, 2.05) is 5.32 Å². The van der Waals surface area contributed by atoms with Gasteiger partial charge in [-0.3, -0.25) is 9.20 Å². The number of carboxylic acid groups (broad SMARTS) is 1. The Morgan fingerprint density at radius 2 is 1.84 bits per heavy atom. The van der Waals surface area contributed by atoms with Crippen molar-refractivity contribution in [3.05, 3.63) is 64.1 Å². The maximum absolute atomic E-state index is 14.0. The van der Waals surface area contributed by atoms with Crippen LogP contribution in [0, 0.1) is 18.6 Å². The van der Waals surface area contributed by atoms with Gasteiger partial charge in [0.2, 0.25) is 0 Å². The van der Waals surface area contributed by atoms with Crippen LogP contribution in [-0.4, -0.2) is 44.8 Å². The van der Waals surface area contributed by atoms with E-state index in [4.69, 9.17) is 21.4 Å². The molecule has 0 radical (unpaired) electrons. The minimum atomic E-state index is -4.53. The van der Waals surface area contributed by atoms with Gasteiger partial charge in [-0.2, -0.15) is 13.2 Å². The summed E-state index contributed by atoms with van der Waals surface area (Å²) in [5.41, 5.74) is -1.72. The lowest BCUT2D eigenvalue weighted by Crippen LogP contribution is -2.53. The Balaban J connectivity index is 1.86. The standard InChI is InChI=1S/C23H22ClF5N4O4/c1-12-18(20(34)30-11-22(2,32-21(35)36)6-7-23(27,28)29)33-9-13(24)8-17(19(33)31-12)37-10-14-15(25)4-3-5-16(14)26/h3-5,8-9,32H,6-7,10-11H2,1-2H3,(H,30,34)(H,35,36). The summed E-state index contributed by atoms with van der Waals surface area (Å²) in [4.78, 5) is 28.4. The van der Waals surface area contributed by atoms with Gasteiger partial charge in [-0.1, -0.05) is 17.7 Å². The Labute approximate surface area is 212 Å².